The van der Waals surface area contributed by atoms with Crippen LogP contribution in [0.1, 0.15) is 16.8 Å². The predicted molar refractivity (Wildman–Crippen MR) is 72.5 cm³/mol. The highest BCUT2D eigenvalue weighted by Crippen LogP contribution is 2.29. The molecule has 1 aromatic rings. The smallest absolute Gasteiger partial charge is 0.337 e. The highest BCUT2D eigenvalue weighted by atomic mass is 35.5. The third-order valence-corrected chi connectivity index (χ3v) is 4.27. The van der Waals surface area contributed by atoms with Gasteiger partial charge in [0.05, 0.1) is 16.3 Å². The normalized spacial score (nSPS) is 18.6. The van der Waals surface area contributed by atoms with Crippen molar-refractivity contribution in [2.45, 2.75) is 6.42 Å². The molecule has 1 heterocycles. The van der Waals surface area contributed by atoms with Crippen molar-refractivity contribution in [2.24, 2.45) is 5.92 Å². The monoisotopic (exact) mass is 285 g/mol. The van der Waals surface area contributed by atoms with Crippen molar-refractivity contribution < 1.29 is 14.7 Å². The van der Waals surface area contributed by atoms with E-state index >= 15 is 0 Å². The number of nitrogens with one attached hydrogen (secondary N) is 1. The molecule has 18 heavy (non-hydrogen) atoms. The summed E-state index contributed by atoms with van der Waals surface area (Å²) in [4.78, 5) is 23.0. The molecule has 1 unspecified atom stereocenters. The van der Waals surface area contributed by atoms with Crippen LogP contribution in [0.2, 0.25) is 5.02 Å². The average Bonchev–Trinajstić information content (AvgIpc) is 2.85. The first-order valence-corrected chi connectivity index (χ1v) is 7.03. The molecule has 1 atom stereocenters. The number of carbonyl (C=O) groups excluding carboxylic acids is 1. The van der Waals surface area contributed by atoms with E-state index < -0.39 is 5.97 Å². The van der Waals surface area contributed by atoms with E-state index in [4.69, 9.17) is 16.7 Å². The lowest BCUT2D eigenvalue weighted by Gasteiger charge is -2.13. The highest BCUT2D eigenvalue weighted by Gasteiger charge is 2.25. The number of hydrogen-bond donors (Lipinski definition) is 2. The molecule has 96 valence electrons. The van der Waals surface area contributed by atoms with Crippen LogP contribution in [0.15, 0.2) is 18.2 Å². The maximum absolute atomic E-state index is 12.0. The summed E-state index contributed by atoms with van der Waals surface area (Å²) in [6, 6.07) is 4.53. The minimum absolute atomic E-state index is 0.0153. The molecule has 1 saturated heterocycles. The third-order valence-electron chi connectivity index (χ3n) is 2.79. The van der Waals surface area contributed by atoms with Crippen LogP contribution < -0.4 is 5.32 Å². The van der Waals surface area contributed by atoms with Crippen LogP contribution in [-0.2, 0) is 4.79 Å². The zero-order valence-electron chi connectivity index (χ0n) is 9.48. The predicted octanol–water partition coefficient (Wildman–Crippen LogP) is 2.73. The summed E-state index contributed by atoms with van der Waals surface area (Å²) in [5, 5.41) is 11.9. The van der Waals surface area contributed by atoms with Crippen LogP contribution >= 0.6 is 23.4 Å². The van der Waals surface area contributed by atoms with Crippen LogP contribution in [0, 0.1) is 5.92 Å². The second-order valence-electron chi connectivity index (χ2n) is 4.02. The molecule has 1 amide bonds. The Labute approximate surface area is 114 Å². The highest BCUT2D eigenvalue weighted by molar-refractivity contribution is 7.99. The maximum Gasteiger partial charge on any atom is 0.337 e. The minimum Gasteiger partial charge on any atom is -0.478 e. The molecule has 1 aliphatic rings. The van der Waals surface area contributed by atoms with E-state index in [1.807, 2.05) is 0 Å². The van der Waals surface area contributed by atoms with Crippen LogP contribution in [0.25, 0.3) is 0 Å². The number of benzene rings is 1. The first-order chi connectivity index (χ1) is 8.59. The topological polar surface area (TPSA) is 66.4 Å². The molecule has 0 aromatic heterocycles. The molecule has 4 nitrogen and oxygen atoms in total. The van der Waals surface area contributed by atoms with Crippen molar-refractivity contribution in [1.29, 1.82) is 0 Å². The zero-order valence-corrected chi connectivity index (χ0v) is 11.1. The van der Waals surface area contributed by atoms with Gasteiger partial charge in [-0.25, -0.2) is 4.79 Å². The summed E-state index contributed by atoms with van der Waals surface area (Å²) in [7, 11) is 0. The van der Waals surface area contributed by atoms with Crippen LogP contribution in [-0.4, -0.2) is 28.5 Å². The Morgan fingerprint density at radius 2 is 2.22 bits per heavy atom. The van der Waals surface area contributed by atoms with Gasteiger partial charge in [-0.1, -0.05) is 17.7 Å². The molecular formula is C12H12ClNO3S. The summed E-state index contributed by atoms with van der Waals surface area (Å²) in [5.74, 6) is 0.419. The van der Waals surface area contributed by atoms with Crippen molar-refractivity contribution in [2.75, 3.05) is 16.8 Å². The second-order valence-corrected chi connectivity index (χ2v) is 5.57. The molecule has 2 rings (SSSR count). The zero-order chi connectivity index (χ0) is 13.1. The molecule has 1 fully saturated rings. The Morgan fingerprint density at radius 1 is 1.44 bits per heavy atom. The molecule has 6 heteroatoms. The molecule has 2 N–H and O–H groups in total. The van der Waals surface area contributed by atoms with E-state index in [1.54, 1.807) is 23.9 Å². The Morgan fingerprint density at radius 3 is 2.83 bits per heavy atom. The number of carboxylic acids is 1. The quantitative estimate of drug-likeness (QED) is 0.896. The van der Waals surface area contributed by atoms with Gasteiger partial charge in [-0.15, -0.1) is 0 Å². The first kappa shape index (κ1) is 13.2. The Bertz CT molecular complexity index is 486. The van der Waals surface area contributed by atoms with Gasteiger partial charge < -0.3 is 10.4 Å². The van der Waals surface area contributed by atoms with Crippen molar-refractivity contribution in [3.8, 4) is 0 Å². The fourth-order valence-corrected chi connectivity index (χ4v) is 3.24. The van der Waals surface area contributed by atoms with E-state index in [9.17, 15) is 9.59 Å². The van der Waals surface area contributed by atoms with Gasteiger partial charge in [0.15, 0.2) is 0 Å². The number of halogens is 1. The van der Waals surface area contributed by atoms with E-state index in [-0.39, 0.29) is 28.1 Å². The van der Waals surface area contributed by atoms with Crippen LogP contribution in [0.3, 0.4) is 0 Å². The lowest BCUT2D eigenvalue weighted by Crippen LogP contribution is -2.23. The summed E-state index contributed by atoms with van der Waals surface area (Å²) < 4.78 is 0. The van der Waals surface area contributed by atoms with Gasteiger partial charge in [0.25, 0.3) is 0 Å². The number of carbonyl (C=O) groups is 2. The SMILES string of the molecule is O=C(O)c1cccc(Cl)c1NC(=O)C1CCSC1. The van der Waals surface area contributed by atoms with E-state index in [0.717, 1.165) is 17.9 Å². The molecule has 0 spiro atoms. The summed E-state index contributed by atoms with van der Waals surface area (Å²) in [6.07, 6.45) is 0.823. The van der Waals surface area contributed by atoms with Gasteiger partial charge in [-0.2, -0.15) is 11.8 Å². The lowest BCUT2D eigenvalue weighted by atomic mass is 10.1. The van der Waals surface area contributed by atoms with Crippen molar-refractivity contribution in [3.63, 3.8) is 0 Å². The molecule has 0 radical (unpaired) electrons. The Hall–Kier alpha value is -1.20. The summed E-state index contributed by atoms with van der Waals surface area (Å²) in [5.41, 5.74) is 0.204. The number of thioether (sulfide) groups is 1. The maximum atomic E-state index is 12.0. The number of para-hydroxylation sites is 1. The fraction of sp³-hybridized carbons (Fsp3) is 0.333. The van der Waals surface area contributed by atoms with Gasteiger partial charge in [0.2, 0.25) is 5.91 Å². The van der Waals surface area contributed by atoms with Crippen molar-refractivity contribution in [3.05, 3.63) is 28.8 Å². The molecule has 0 aliphatic carbocycles. The average molecular weight is 286 g/mol. The molecule has 1 aromatic carbocycles. The molecule has 1 aliphatic heterocycles. The van der Waals surface area contributed by atoms with Crippen LogP contribution in [0.5, 0.6) is 0 Å². The number of hydrogen-bond acceptors (Lipinski definition) is 3. The number of aromatic carboxylic acids is 1. The van der Waals surface area contributed by atoms with Gasteiger partial charge in [-0.3, -0.25) is 4.79 Å². The van der Waals surface area contributed by atoms with Gasteiger partial charge in [0.1, 0.15) is 0 Å². The third kappa shape index (κ3) is 2.79. The second kappa shape index (κ2) is 5.63. The standard InChI is InChI=1S/C12H12ClNO3S/c13-9-3-1-2-8(12(16)17)10(9)14-11(15)7-4-5-18-6-7/h1-3,7H,4-6H2,(H,14,15)(H,16,17). The molecule has 0 saturated carbocycles. The lowest BCUT2D eigenvalue weighted by molar-refractivity contribution is -0.119. The minimum atomic E-state index is -1.10. The summed E-state index contributed by atoms with van der Waals surface area (Å²) >= 11 is 7.67. The summed E-state index contributed by atoms with van der Waals surface area (Å²) in [6.45, 7) is 0. The van der Waals surface area contributed by atoms with E-state index in [0.29, 0.717) is 0 Å². The largest absolute Gasteiger partial charge is 0.478 e. The number of anilines is 1. The van der Waals surface area contributed by atoms with Gasteiger partial charge in [-0.05, 0) is 24.3 Å². The molecular weight excluding hydrogens is 274 g/mol. The Balaban J connectivity index is 2.22. The van der Waals surface area contributed by atoms with Crippen molar-refractivity contribution in [1.82, 2.24) is 0 Å². The first-order valence-electron chi connectivity index (χ1n) is 5.50. The fourth-order valence-electron chi connectivity index (χ4n) is 1.80. The Kier molecular flexibility index (Phi) is 4.14. The van der Waals surface area contributed by atoms with E-state index in [2.05, 4.69) is 5.32 Å². The van der Waals surface area contributed by atoms with Gasteiger partial charge >= 0.3 is 5.97 Å². The van der Waals surface area contributed by atoms with Gasteiger partial charge in [0, 0.05) is 11.7 Å². The van der Waals surface area contributed by atoms with Crippen LogP contribution in [0.4, 0.5) is 5.69 Å². The van der Waals surface area contributed by atoms with Crippen molar-refractivity contribution >= 4 is 40.9 Å². The number of carboxylic acid groups (broad SMARTS) is 1. The van der Waals surface area contributed by atoms with E-state index in [1.165, 1.54) is 6.07 Å². The number of amides is 1. The molecule has 0 bridgehead atoms. The number of rotatable bonds is 3.